The van der Waals surface area contributed by atoms with E-state index in [4.69, 9.17) is 0 Å². The van der Waals surface area contributed by atoms with E-state index in [1.165, 1.54) is 16.8 Å². The molecule has 19 heavy (non-hydrogen) atoms. The maximum atomic E-state index is 3.61. The Kier molecular flexibility index (Phi) is 5.48. The minimum Gasteiger partial charge on any atom is -0.370 e. The molecule has 2 aromatic rings. The largest absolute Gasteiger partial charge is 0.370 e. The van der Waals surface area contributed by atoms with Gasteiger partial charge in [0.15, 0.2) is 0 Å². The van der Waals surface area contributed by atoms with Crippen molar-refractivity contribution in [1.82, 2.24) is 0 Å². The molecule has 0 aliphatic carbocycles. The van der Waals surface area contributed by atoms with Gasteiger partial charge in [-0.3, -0.25) is 0 Å². The van der Waals surface area contributed by atoms with Crippen molar-refractivity contribution in [1.29, 1.82) is 0 Å². The number of benzene rings is 2. The van der Waals surface area contributed by atoms with Gasteiger partial charge in [-0.15, -0.1) is 0 Å². The summed E-state index contributed by atoms with van der Waals surface area (Å²) < 4.78 is 2.29. The lowest BCUT2D eigenvalue weighted by atomic mass is 10.2. The highest BCUT2D eigenvalue weighted by Crippen LogP contribution is 2.27. The number of halogens is 3. The molecule has 0 saturated carbocycles. The first-order valence-electron chi connectivity index (χ1n) is 5.90. The molecule has 0 bridgehead atoms. The van der Waals surface area contributed by atoms with Gasteiger partial charge >= 0.3 is 0 Å². The van der Waals surface area contributed by atoms with Crippen LogP contribution in [0.25, 0.3) is 0 Å². The Bertz CT molecular complexity index is 569. The van der Waals surface area contributed by atoms with E-state index in [9.17, 15) is 0 Å². The molecule has 1 nitrogen and oxygen atoms in total. The van der Waals surface area contributed by atoms with Gasteiger partial charge < -0.3 is 4.90 Å². The van der Waals surface area contributed by atoms with Gasteiger partial charge in [0, 0.05) is 33.6 Å². The number of nitrogens with zero attached hydrogens (tertiary/aromatic N) is 1. The van der Waals surface area contributed by atoms with Crippen LogP contribution in [0.5, 0.6) is 0 Å². The quantitative estimate of drug-likeness (QED) is 0.540. The molecular formula is C15H14Br3N. The van der Waals surface area contributed by atoms with Gasteiger partial charge in [-0.25, -0.2) is 0 Å². The molecule has 0 N–H and O–H groups in total. The molecule has 0 spiro atoms. The van der Waals surface area contributed by atoms with Crippen molar-refractivity contribution in [2.45, 2.75) is 11.9 Å². The van der Waals surface area contributed by atoms with Crippen LogP contribution in [-0.2, 0) is 11.9 Å². The van der Waals surface area contributed by atoms with Crippen molar-refractivity contribution in [2.75, 3.05) is 11.9 Å². The van der Waals surface area contributed by atoms with Crippen molar-refractivity contribution in [2.24, 2.45) is 0 Å². The fraction of sp³-hybridized carbons (Fsp3) is 0.200. The van der Waals surface area contributed by atoms with Crippen molar-refractivity contribution < 1.29 is 0 Å². The highest BCUT2D eigenvalue weighted by molar-refractivity contribution is 9.11. The Labute approximate surface area is 139 Å². The highest BCUT2D eigenvalue weighted by atomic mass is 79.9. The predicted molar refractivity (Wildman–Crippen MR) is 93.0 cm³/mol. The van der Waals surface area contributed by atoms with Crippen molar-refractivity contribution in [3.05, 3.63) is 62.5 Å². The van der Waals surface area contributed by atoms with Crippen molar-refractivity contribution >= 4 is 53.5 Å². The van der Waals surface area contributed by atoms with Gasteiger partial charge in [0.05, 0.1) is 0 Å². The molecule has 0 amide bonds. The van der Waals surface area contributed by atoms with Gasteiger partial charge in [-0.1, -0.05) is 72.1 Å². The summed E-state index contributed by atoms with van der Waals surface area (Å²) >= 11 is 10.7. The van der Waals surface area contributed by atoms with E-state index in [0.717, 1.165) is 20.8 Å². The third-order valence-corrected chi connectivity index (χ3v) is 5.10. The van der Waals surface area contributed by atoms with Crippen molar-refractivity contribution in [3.63, 3.8) is 0 Å². The van der Waals surface area contributed by atoms with Gasteiger partial charge in [0.25, 0.3) is 0 Å². The Balaban J connectivity index is 2.18. The van der Waals surface area contributed by atoms with Crippen LogP contribution in [0.1, 0.15) is 11.1 Å². The lowest BCUT2D eigenvalue weighted by Gasteiger charge is -2.21. The molecule has 4 heteroatoms. The second-order valence-electron chi connectivity index (χ2n) is 4.36. The summed E-state index contributed by atoms with van der Waals surface area (Å²) in [6.45, 7) is 0.877. The molecule has 2 rings (SSSR count). The number of hydrogen-bond acceptors (Lipinski definition) is 1. The monoisotopic (exact) mass is 445 g/mol. The molecule has 2 aromatic carbocycles. The standard InChI is InChI=1S/C15H14Br3N/c1-19(10-12-4-2-3-5-14(12)17)13-7-6-11(9-16)15(18)8-13/h2-8H,9-10H2,1H3. The maximum Gasteiger partial charge on any atom is 0.0437 e. The molecule has 0 saturated heterocycles. The fourth-order valence-electron chi connectivity index (χ4n) is 1.86. The predicted octanol–water partition coefficient (Wildman–Crippen LogP) is 5.74. The Hall–Kier alpha value is -0.320. The molecule has 0 heterocycles. The Morgan fingerprint density at radius 3 is 2.32 bits per heavy atom. The van der Waals surface area contributed by atoms with Gasteiger partial charge in [-0.2, -0.15) is 0 Å². The summed E-state index contributed by atoms with van der Waals surface area (Å²) in [5.41, 5.74) is 3.75. The lowest BCUT2D eigenvalue weighted by molar-refractivity contribution is 0.917. The van der Waals surface area contributed by atoms with E-state index < -0.39 is 0 Å². The Morgan fingerprint density at radius 2 is 1.68 bits per heavy atom. The normalized spacial score (nSPS) is 10.5. The zero-order chi connectivity index (χ0) is 13.8. The molecule has 0 atom stereocenters. The van der Waals surface area contributed by atoms with Gasteiger partial charge in [-0.05, 0) is 29.3 Å². The van der Waals surface area contributed by atoms with E-state index in [1.807, 2.05) is 6.07 Å². The van der Waals surface area contributed by atoms with E-state index in [-0.39, 0.29) is 0 Å². The summed E-state index contributed by atoms with van der Waals surface area (Å²) in [4.78, 5) is 2.24. The lowest BCUT2D eigenvalue weighted by Crippen LogP contribution is -2.16. The Morgan fingerprint density at radius 1 is 0.947 bits per heavy atom. The first kappa shape index (κ1) is 15.1. The van der Waals surface area contributed by atoms with E-state index in [1.54, 1.807) is 0 Å². The SMILES string of the molecule is CN(Cc1ccccc1Br)c1ccc(CBr)c(Br)c1. The fourth-order valence-corrected chi connectivity index (χ4v) is 3.64. The number of alkyl halides is 1. The van der Waals surface area contributed by atoms with Gasteiger partial charge in [0.2, 0.25) is 0 Å². The molecule has 0 radical (unpaired) electrons. The van der Waals surface area contributed by atoms with Crippen LogP contribution in [-0.4, -0.2) is 7.05 Å². The molecule has 100 valence electrons. The number of hydrogen-bond donors (Lipinski definition) is 0. The second-order valence-corrected chi connectivity index (χ2v) is 6.63. The summed E-state index contributed by atoms with van der Waals surface area (Å²) in [5, 5.41) is 0.863. The minimum atomic E-state index is 0.863. The third kappa shape index (κ3) is 3.83. The van der Waals surface area contributed by atoms with E-state index in [2.05, 4.69) is 96.1 Å². The van der Waals surface area contributed by atoms with Gasteiger partial charge in [0.1, 0.15) is 0 Å². The van der Waals surface area contributed by atoms with Crippen molar-refractivity contribution in [3.8, 4) is 0 Å². The average molecular weight is 448 g/mol. The van der Waals surface area contributed by atoms with Crippen LogP contribution in [0.15, 0.2) is 51.4 Å². The summed E-state index contributed by atoms with van der Waals surface area (Å²) in [5.74, 6) is 0. The summed E-state index contributed by atoms with van der Waals surface area (Å²) in [6, 6.07) is 14.8. The molecular weight excluding hydrogens is 434 g/mol. The number of rotatable bonds is 4. The number of anilines is 1. The zero-order valence-corrected chi connectivity index (χ0v) is 15.3. The first-order chi connectivity index (χ1) is 9.11. The molecule has 0 unspecified atom stereocenters. The van der Waals surface area contributed by atoms with Crippen LogP contribution in [0.2, 0.25) is 0 Å². The van der Waals surface area contributed by atoms with Crippen LogP contribution in [0.4, 0.5) is 5.69 Å². The van der Waals surface area contributed by atoms with Crippen LogP contribution >= 0.6 is 47.8 Å². The van der Waals surface area contributed by atoms with E-state index in [0.29, 0.717) is 0 Å². The van der Waals surface area contributed by atoms with Crippen LogP contribution < -0.4 is 4.90 Å². The van der Waals surface area contributed by atoms with E-state index >= 15 is 0 Å². The van der Waals surface area contributed by atoms with Crippen LogP contribution in [0, 0.1) is 0 Å². The maximum absolute atomic E-state index is 3.61. The third-order valence-electron chi connectivity index (χ3n) is 2.99. The smallest absolute Gasteiger partial charge is 0.0437 e. The molecule has 0 fully saturated rings. The average Bonchev–Trinajstić information content (AvgIpc) is 2.41. The minimum absolute atomic E-state index is 0.863. The second kappa shape index (κ2) is 6.91. The highest BCUT2D eigenvalue weighted by Gasteiger charge is 2.07. The summed E-state index contributed by atoms with van der Waals surface area (Å²) in [6.07, 6.45) is 0. The zero-order valence-electron chi connectivity index (χ0n) is 10.5. The van der Waals surface area contributed by atoms with Crippen LogP contribution in [0.3, 0.4) is 0 Å². The summed E-state index contributed by atoms with van der Waals surface area (Å²) in [7, 11) is 2.11. The molecule has 0 aliphatic heterocycles. The first-order valence-corrected chi connectivity index (χ1v) is 8.61. The molecule has 0 aromatic heterocycles. The molecule has 0 aliphatic rings. The topological polar surface area (TPSA) is 3.24 Å².